The lowest BCUT2D eigenvalue weighted by atomic mass is 10.2. The summed E-state index contributed by atoms with van der Waals surface area (Å²) < 4.78 is 5.81. The van der Waals surface area contributed by atoms with Crippen LogP contribution in [-0.2, 0) is 4.74 Å². The highest BCUT2D eigenvalue weighted by Gasteiger charge is 2.26. The second-order valence-electron chi connectivity index (χ2n) is 6.16. The second kappa shape index (κ2) is 7.43. The molecule has 132 valence electrons. The van der Waals surface area contributed by atoms with Crippen LogP contribution in [0.4, 0.5) is 16.4 Å². The number of anilines is 2. The molecule has 0 spiro atoms. The van der Waals surface area contributed by atoms with Crippen LogP contribution < -0.4 is 10.2 Å². The van der Waals surface area contributed by atoms with Gasteiger partial charge in [-0.15, -0.1) is 0 Å². The van der Waals surface area contributed by atoms with Crippen molar-refractivity contribution in [3.05, 3.63) is 42.0 Å². The van der Waals surface area contributed by atoms with Gasteiger partial charge in [0.25, 0.3) is 0 Å². The van der Waals surface area contributed by atoms with Crippen LogP contribution in [-0.4, -0.2) is 59.7 Å². The van der Waals surface area contributed by atoms with E-state index in [2.05, 4.69) is 20.3 Å². The number of urea groups is 1. The Morgan fingerprint density at radius 2 is 2.24 bits per heavy atom. The normalized spacial score (nSPS) is 17.2. The number of nitrogens with one attached hydrogen (secondary N) is 1. The zero-order chi connectivity index (χ0) is 17.8. The molecule has 1 aliphatic heterocycles. The third-order valence-electron chi connectivity index (χ3n) is 3.87. The van der Waals surface area contributed by atoms with Crippen molar-refractivity contribution in [1.82, 2.24) is 19.9 Å². The summed E-state index contributed by atoms with van der Waals surface area (Å²) in [5, 5.41) is 2.88. The van der Waals surface area contributed by atoms with Crippen LogP contribution in [0.1, 0.15) is 17.4 Å². The van der Waals surface area contributed by atoms with Crippen molar-refractivity contribution in [1.29, 1.82) is 0 Å². The molecule has 2 aromatic rings. The minimum Gasteiger partial charge on any atom is -0.368 e. The monoisotopic (exact) mass is 342 g/mol. The summed E-state index contributed by atoms with van der Waals surface area (Å²) in [6.07, 6.45) is 4.82. The van der Waals surface area contributed by atoms with E-state index in [0.29, 0.717) is 31.3 Å². The highest BCUT2D eigenvalue weighted by molar-refractivity contribution is 5.89. The Labute approximate surface area is 146 Å². The Balaban J connectivity index is 1.68. The number of rotatable bonds is 3. The molecule has 1 saturated heterocycles. The van der Waals surface area contributed by atoms with Crippen LogP contribution in [0.5, 0.6) is 0 Å². The Bertz CT molecular complexity index is 751. The molecule has 0 saturated carbocycles. The van der Waals surface area contributed by atoms with Gasteiger partial charge in [-0.3, -0.25) is 4.98 Å². The predicted molar refractivity (Wildman–Crippen MR) is 94.6 cm³/mol. The fraction of sp³-hybridized carbons (Fsp3) is 0.412. The van der Waals surface area contributed by atoms with Gasteiger partial charge in [0.1, 0.15) is 6.10 Å². The molecule has 1 atom stereocenters. The predicted octanol–water partition coefficient (Wildman–Crippen LogP) is 1.85. The Hall–Kier alpha value is -2.74. The van der Waals surface area contributed by atoms with Crippen LogP contribution in [0.2, 0.25) is 0 Å². The van der Waals surface area contributed by atoms with Gasteiger partial charge in [0.05, 0.1) is 30.7 Å². The van der Waals surface area contributed by atoms with Crippen molar-refractivity contribution in [2.75, 3.05) is 44.0 Å². The zero-order valence-electron chi connectivity index (χ0n) is 14.6. The summed E-state index contributed by atoms with van der Waals surface area (Å²) in [6.45, 7) is 3.37. The van der Waals surface area contributed by atoms with Crippen molar-refractivity contribution in [3.63, 3.8) is 0 Å². The minimum atomic E-state index is -0.267. The molecule has 1 fully saturated rings. The smallest absolute Gasteiger partial charge is 0.322 e. The number of carbonyl (C=O) groups excluding carboxylic acids is 1. The lowest BCUT2D eigenvalue weighted by molar-refractivity contribution is -0.0157. The lowest BCUT2D eigenvalue weighted by Crippen LogP contribution is -2.44. The third kappa shape index (κ3) is 4.21. The summed E-state index contributed by atoms with van der Waals surface area (Å²) in [6, 6.07) is 3.54. The molecule has 0 aliphatic carbocycles. The van der Waals surface area contributed by atoms with Gasteiger partial charge in [0.15, 0.2) is 0 Å². The molecule has 0 bridgehead atoms. The number of aryl methyl sites for hydroxylation is 1. The first-order chi connectivity index (χ1) is 12.0. The third-order valence-corrected chi connectivity index (χ3v) is 3.87. The number of pyridine rings is 1. The summed E-state index contributed by atoms with van der Waals surface area (Å²) >= 11 is 0. The molecule has 0 unspecified atom stereocenters. The van der Waals surface area contributed by atoms with Crippen LogP contribution in [0.3, 0.4) is 0 Å². The topological polar surface area (TPSA) is 83.5 Å². The number of carbonyl (C=O) groups is 1. The molecule has 3 heterocycles. The first-order valence-electron chi connectivity index (χ1n) is 8.12. The van der Waals surface area contributed by atoms with E-state index in [0.717, 1.165) is 11.3 Å². The average Bonchev–Trinajstić information content (AvgIpc) is 2.62. The number of nitrogens with zero attached hydrogens (tertiary/aromatic N) is 5. The molecule has 25 heavy (non-hydrogen) atoms. The number of amides is 2. The molecule has 2 aromatic heterocycles. The van der Waals surface area contributed by atoms with Crippen molar-refractivity contribution >= 4 is 17.7 Å². The molecular formula is C17H22N6O2. The van der Waals surface area contributed by atoms with E-state index in [4.69, 9.17) is 4.74 Å². The highest BCUT2D eigenvalue weighted by atomic mass is 16.5. The van der Waals surface area contributed by atoms with Gasteiger partial charge in [-0.1, -0.05) is 0 Å². The zero-order valence-corrected chi connectivity index (χ0v) is 14.6. The fourth-order valence-electron chi connectivity index (χ4n) is 2.60. The van der Waals surface area contributed by atoms with E-state index in [1.807, 2.05) is 38.1 Å². The Kier molecular flexibility index (Phi) is 5.08. The maximum Gasteiger partial charge on any atom is 0.322 e. The standard InChI is InChI=1S/C17H22N6O2/c1-12-8-13(10-18-9-12)20-17(24)23-6-7-25-15(11-23)14-4-5-19-16(21-14)22(2)3/h4-5,8-10,15H,6-7,11H2,1-3H3,(H,20,24)/t15-/m0/s1. The fourth-order valence-corrected chi connectivity index (χ4v) is 2.60. The van der Waals surface area contributed by atoms with Crippen LogP contribution in [0, 0.1) is 6.92 Å². The maximum absolute atomic E-state index is 12.5. The van der Waals surface area contributed by atoms with E-state index in [-0.39, 0.29) is 12.1 Å². The van der Waals surface area contributed by atoms with E-state index in [1.165, 1.54) is 0 Å². The summed E-state index contributed by atoms with van der Waals surface area (Å²) in [7, 11) is 3.77. The molecule has 1 N–H and O–H groups in total. The molecule has 1 aliphatic rings. The summed E-state index contributed by atoms with van der Waals surface area (Å²) in [4.78, 5) is 28.9. The van der Waals surface area contributed by atoms with Gasteiger partial charge in [-0.2, -0.15) is 0 Å². The number of hydrogen-bond donors (Lipinski definition) is 1. The van der Waals surface area contributed by atoms with Gasteiger partial charge >= 0.3 is 6.03 Å². The van der Waals surface area contributed by atoms with Gasteiger partial charge in [0.2, 0.25) is 5.95 Å². The minimum absolute atomic E-state index is 0.164. The molecule has 8 nitrogen and oxygen atoms in total. The van der Waals surface area contributed by atoms with Gasteiger partial charge in [0, 0.05) is 33.0 Å². The average molecular weight is 342 g/mol. The molecule has 2 amide bonds. The van der Waals surface area contributed by atoms with E-state index in [9.17, 15) is 4.79 Å². The summed E-state index contributed by atoms with van der Waals surface area (Å²) in [5.74, 6) is 0.619. The maximum atomic E-state index is 12.5. The molecular weight excluding hydrogens is 320 g/mol. The quantitative estimate of drug-likeness (QED) is 0.916. The van der Waals surface area contributed by atoms with E-state index >= 15 is 0 Å². The van der Waals surface area contributed by atoms with Crippen molar-refractivity contribution in [2.45, 2.75) is 13.0 Å². The van der Waals surface area contributed by atoms with Crippen molar-refractivity contribution in [3.8, 4) is 0 Å². The van der Waals surface area contributed by atoms with Gasteiger partial charge < -0.3 is 19.9 Å². The Morgan fingerprint density at radius 3 is 3.00 bits per heavy atom. The Morgan fingerprint density at radius 1 is 1.40 bits per heavy atom. The van der Waals surface area contributed by atoms with Crippen LogP contribution >= 0.6 is 0 Å². The highest BCUT2D eigenvalue weighted by Crippen LogP contribution is 2.22. The molecule has 0 radical (unpaired) electrons. The largest absolute Gasteiger partial charge is 0.368 e. The van der Waals surface area contributed by atoms with Crippen LogP contribution in [0.15, 0.2) is 30.7 Å². The first-order valence-corrected chi connectivity index (χ1v) is 8.12. The molecule has 0 aromatic carbocycles. The van der Waals surface area contributed by atoms with Crippen LogP contribution in [0.25, 0.3) is 0 Å². The molecule has 8 heteroatoms. The first kappa shape index (κ1) is 17.1. The number of morpholine rings is 1. The van der Waals surface area contributed by atoms with Gasteiger partial charge in [-0.25, -0.2) is 14.8 Å². The molecule has 3 rings (SSSR count). The number of hydrogen-bond acceptors (Lipinski definition) is 6. The van der Waals surface area contributed by atoms with E-state index in [1.54, 1.807) is 23.5 Å². The van der Waals surface area contributed by atoms with E-state index < -0.39 is 0 Å². The second-order valence-corrected chi connectivity index (χ2v) is 6.16. The lowest BCUT2D eigenvalue weighted by Gasteiger charge is -2.32. The van der Waals surface area contributed by atoms with Crippen molar-refractivity contribution in [2.24, 2.45) is 0 Å². The number of ether oxygens (including phenoxy) is 1. The SMILES string of the molecule is Cc1cncc(NC(=O)N2CCO[C@H](c3ccnc(N(C)C)n3)C2)c1. The summed E-state index contributed by atoms with van der Waals surface area (Å²) in [5.41, 5.74) is 2.45. The van der Waals surface area contributed by atoms with Crippen molar-refractivity contribution < 1.29 is 9.53 Å². The van der Waals surface area contributed by atoms with Gasteiger partial charge in [-0.05, 0) is 24.6 Å². The number of aromatic nitrogens is 3.